The molecule has 0 aromatic heterocycles. The van der Waals surface area contributed by atoms with Gasteiger partial charge in [0.15, 0.2) is 6.10 Å². The van der Waals surface area contributed by atoms with E-state index in [9.17, 15) is 14.4 Å². The topological polar surface area (TPSA) is 78.9 Å². The van der Waals surface area contributed by atoms with Gasteiger partial charge in [-0.1, -0.05) is 263 Å². The molecule has 0 N–H and O–H groups in total. The summed E-state index contributed by atoms with van der Waals surface area (Å²) in [6, 6.07) is 0. The molecule has 0 bridgehead atoms. The van der Waals surface area contributed by atoms with Crippen LogP contribution in [0.4, 0.5) is 0 Å². The van der Waals surface area contributed by atoms with Crippen LogP contribution in [0.2, 0.25) is 0 Å². The van der Waals surface area contributed by atoms with Gasteiger partial charge in [-0.15, -0.1) is 0 Å². The van der Waals surface area contributed by atoms with E-state index in [0.29, 0.717) is 19.3 Å². The summed E-state index contributed by atoms with van der Waals surface area (Å²) in [6.07, 6.45) is 87.1. The lowest BCUT2D eigenvalue weighted by molar-refractivity contribution is -0.167. The largest absolute Gasteiger partial charge is 0.462 e. The summed E-state index contributed by atoms with van der Waals surface area (Å²) in [5.41, 5.74) is 0. The average molecular weight is 1020 g/mol. The first-order valence-electron chi connectivity index (χ1n) is 29.8. The van der Waals surface area contributed by atoms with Crippen LogP contribution < -0.4 is 0 Å². The van der Waals surface area contributed by atoms with Crippen molar-refractivity contribution in [2.45, 2.75) is 252 Å². The Labute approximate surface area is 455 Å². The van der Waals surface area contributed by atoms with Crippen LogP contribution in [0.5, 0.6) is 0 Å². The van der Waals surface area contributed by atoms with Gasteiger partial charge in [0, 0.05) is 19.3 Å². The van der Waals surface area contributed by atoms with Crippen LogP contribution >= 0.6 is 0 Å². The van der Waals surface area contributed by atoms with Crippen molar-refractivity contribution in [1.29, 1.82) is 0 Å². The second kappa shape index (κ2) is 60.8. The maximum atomic E-state index is 12.9. The number of esters is 3. The van der Waals surface area contributed by atoms with E-state index in [-0.39, 0.29) is 44.0 Å². The highest BCUT2D eigenvalue weighted by Crippen LogP contribution is 2.15. The molecular weight excluding hydrogens is 913 g/mol. The fourth-order valence-corrected chi connectivity index (χ4v) is 7.70. The van der Waals surface area contributed by atoms with Crippen LogP contribution in [0.1, 0.15) is 245 Å². The highest BCUT2D eigenvalue weighted by atomic mass is 16.6. The molecule has 0 saturated carbocycles. The minimum Gasteiger partial charge on any atom is -0.462 e. The molecule has 74 heavy (non-hydrogen) atoms. The van der Waals surface area contributed by atoms with Crippen LogP contribution in [0.3, 0.4) is 0 Å². The van der Waals surface area contributed by atoms with Crippen LogP contribution in [-0.4, -0.2) is 37.2 Å². The Morgan fingerprint density at radius 1 is 0.284 bits per heavy atom. The molecule has 416 valence electrons. The minimum atomic E-state index is -0.837. The van der Waals surface area contributed by atoms with Gasteiger partial charge in [0.25, 0.3) is 0 Å². The van der Waals surface area contributed by atoms with Gasteiger partial charge in [0.1, 0.15) is 13.2 Å². The Hall–Kier alpha value is -4.71. The van der Waals surface area contributed by atoms with E-state index in [0.717, 1.165) is 109 Å². The van der Waals surface area contributed by atoms with Crippen LogP contribution in [0.15, 0.2) is 146 Å². The summed E-state index contributed by atoms with van der Waals surface area (Å²) in [4.78, 5) is 38.2. The zero-order chi connectivity index (χ0) is 53.6. The lowest BCUT2D eigenvalue weighted by atomic mass is 10.0. The van der Waals surface area contributed by atoms with Crippen molar-refractivity contribution in [3.8, 4) is 0 Å². The van der Waals surface area contributed by atoms with Crippen molar-refractivity contribution in [2.24, 2.45) is 0 Å². The molecule has 0 radical (unpaired) electrons. The number of hydrogen-bond donors (Lipinski definition) is 0. The predicted octanol–water partition coefficient (Wildman–Crippen LogP) is 20.4. The number of ether oxygens (including phenoxy) is 3. The van der Waals surface area contributed by atoms with Crippen molar-refractivity contribution in [3.63, 3.8) is 0 Å². The first-order chi connectivity index (χ1) is 36.5. The second-order valence-corrected chi connectivity index (χ2v) is 19.1. The Bertz CT molecular complexity index is 1640. The molecular formula is C68H108O6. The van der Waals surface area contributed by atoms with Gasteiger partial charge in [0.2, 0.25) is 0 Å². The van der Waals surface area contributed by atoms with Gasteiger partial charge in [-0.3, -0.25) is 14.4 Å². The number of allylic oxidation sites excluding steroid dienone is 24. The third kappa shape index (κ3) is 58.2. The fourth-order valence-electron chi connectivity index (χ4n) is 7.70. The molecule has 6 heteroatoms. The van der Waals surface area contributed by atoms with Crippen LogP contribution in [-0.2, 0) is 28.6 Å². The normalized spacial score (nSPS) is 13.2. The number of carbonyl (C=O) groups is 3. The molecule has 6 nitrogen and oxygen atoms in total. The molecule has 0 aliphatic rings. The van der Waals surface area contributed by atoms with E-state index in [1.165, 1.54) is 83.5 Å². The Morgan fingerprint density at radius 3 is 0.824 bits per heavy atom. The smallest absolute Gasteiger partial charge is 0.306 e. The van der Waals surface area contributed by atoms with Gasteiger partial charge in [-0.05, 0) is 109 Å². The second-order valence-electron chi connectivity index (χ2n) is 19.1. The SMILES string of the molecule is CC/C=C\C/C=C\C/C=C\C/C=C\C/C=C\C/C=C\C/C=C\CCCC(=O)OCC(COC(=O)CCCCCCCCCCCCCCCCCC)OC(=O)CCC/C=C\C/C=C\C/C=C\C/C=C\C/C=C\CC. The molecule has 0 heterocycles. The third-order valence-electron chi connectivity index (χ3n) is 12.1. The summed E-state index contributed by atoms with van der Waals surface area (Å²) in [5, 5.41) is 0. The van der Waals surface area contributed by atoms with Crippen LogP contribution in [0, 0.1) is 0 Å². The van der Waals surface area contributed by atoms with Crippen molar-refractivity contribution in [1.82, 2.24) is 0 Å². The highest BCUT2D eigenvalue weighted by Gasteiger charge is 2.19. The van der Waals surface area contributed by atoms with Crippen molar-refractivity contribution < 1.29 is 28.6 Å². The first-order valence-corrected chi connectivity index (χ1v) is 29.8. The molecule has 0 amide bonds. The van der Waals surface area contributed by atoms with Crippen molar-refractivity contribution in [2.75, 3.05) is 13.2 Å². The molecule has 0 aliphatic heterocycles. The number of hydrogen-bond acceptors (Lipinski definition) is 6. The quantitative estimate of drug-likeness (QED) is 0.0261. The van der Waals surface area contributed by atoms with Gasteiger partial charge in [-0.2, -0.15) is 0 Å². The average Bonchev–Trinajstić information content (AvgIpc) is 3.40. The number of carbonyl (C=O) groups excluding carboxylic acids is 3. The first kappa shape index (κ1) is 69.3. The minimum absolute atomic E-state index is 0.122. The molecule has 0 aromatic rings. The molecule has 1 atom stereocenters. The predicted molar refractivity (Wildman–Crippen MR) is 320 cm³/mol. The molecule has 0 aliphatic carbocycles. The monoisotopic (exact) mass is 1020 g/mol. The summed E-state index contributed by atoms with van der Waals surface area (Å²) >= 11 is 0. The maximum absolute atomic E-state index is 12.9. The molecule has 0 fully saturated rings. The van der Waals surface area contributed by atoms with E-state index in [1.54, 1.807) is 0 Å². The Balaban J connectivity index is 4.57. The number of rotatable bonds is 52. The lowest BCUT2D eigenvalue weighted by Crippen LogP contribution is -2.30. The van der Waals surface area contributed by atoms with Crippen molar-refractivity contribution in [3.05, 3.63) is 146 Å². The lowest BCUT2D eigenvalue weighted by Gasteiger charge is -2.18. The Kier molecular flexibility index (Phi) is 57.0. The summed E-state index contributed by atoms with van der Waals surface area (Å²) < 4.78 is 16.8. The highest BCUT2D eigenvalue weighted by molar-refractivity contribution is 5.71. The zero-order valence-electron chi connectivity index (χ0n) is 47.5. The summed E-state index contributed by atoms with van der Waals surface area (Å²) in [5.74, 6) is -1.05. The third-order valence-corrected chi connectivity index (χ3v) is 12.1. The zero-order valence-corrected chi connectivity index (χ0v) is 47.5. The molecule has 0 saturated heterocycles. The Morgan fingerprint density at radius 2 is 0.527 bits per heavy atom. The van der Waals surface area contributed by atoms with Gasteiger partial charge in [0.05, 0.1) is 0 Å². The van der Waals surface area contributed by atoms with E-state index in [2.05, 4.69) is 167 Å². The van der Waals surface area contributed by atoms with E-state index in [4.69, 9.17) is 14.2 Å². The van der Waals surface area contributed by atoms with Gasteiger partial charge >= 0.3 is 17.9 Å². The van der Waals surface area contributed by atoms with Crippen LogP contribution in [0.25, 0.3) is 0 Å². The molecule has 1 unspecified atom stereocenters. The fraction of sp³-hybridized carbons (Fsp3) is 0.603. The summed E-state index contributed by atoms with van der Waals surface area (Å²) in [7, 11) is 0. The van der Waals surface area contributed by atoms with E-state index < -0.39 is 6.10 Å². The van der Waals surface area contributed by atoms with Gasteiger partial charge in [-0.25, -0.2) is 0 Å². The van der Waals surface area contributed by atoms with E-state index in [1.807, 2.05) is 0 Å². The molecule has 0 rings (SSSR count). The molecule has 0 aromatic carbocycles. The van der Waals surface area contributed by atoms with Gasteiger partial charge < -0.3 is 14.2 Å². The number of unbranched alkanes of at least 4 members (excludes halogenated alkanes) is 17. The maximum Gasteiger partial charge on any atom is 0.306 e. The summed E-state index contributed by atoms with van der Waals surface area (Å²) in [6.45, 7) is 6.32. The standard InChI is InChI=1S/C68H108O6/c1-4-7-10-13-16-19-22-25-28-31-32-33-34-35-36-38-40-43-46-49-52-55-58-61-67(70)73-64-65(63-72-66(69)60-57-54-51-48-45-42-39-30-27-24-21-18-15-12-9-6-3)74-68(71)62-59-56-53-50-47-44-41-37-29-26-23-20-17-14-11-8-5-2/h7-8,10-11,16-17,19-20,25-26,28-29,32-33,35-36,40-41,43-44,49-50,52-53,65H,4-6,9,12-15,18,21-24,27,30-31,34,37-39,42,45-48,51,54-64H2,1-3H3/b10-7-,11-8-,19-16-,20-17-,28-25-,29-26-,33-32-,36-35-,43-40-,44-41-,52-49-,53-50-. The van der Waals surface area contributed by atoms with E-state index >= 15 is 0 Å². The van der Waals surface area contributed by atoms with Crippen molar-refractivity contribution >= 4 is 17.9 Å². The molecule has 0 spiro atoms.